The van der Waals surface area contributed by atoms with Gasteiger partial charge in [0, 0.05) is 19.7 Å². The number of aromatic nitrogens is 3. The minimum absolute atomic E-state index is 0.0101. The highest BCUT2D eigenvalue weighted by Crippen LogP contribution is 2.40. The maximum Gasteiger partial charge on any atom is 0.290 e. The molecule has 0 bridgehead atoms. The second-order valence-electron chi connectivity index (χ2n) is 4.50. The molecule has 2 aromatic heterocycles. The van der Waals surface area contributed by atoms with Crippen molar-refractivity contribution in [3.05, 3.63) is 34.0 Å². The van der Waals surface area contributed by atoms with Crippen LogP contribution in [0.15, 0.2) is 17.1 Å². The van der Waals surface area contributed by atoms with Crippen LogP contribution in [0.2, 0.25) is 0 Å². The second-order valence-corrected chi connectivity index (χ2v) is 4.50. The van der Waals surface area contributed by atoms with Gasteiger partial charge in [-0.2, -0.15) is 5.10 Å². The van der Waals surface area contributed by atoms with Crippen LogP contribution in [0.25, 0.3) is 5.52 Å². The van der Waals surface area contributed by atoms with E-state index in [9.17, 15) is 4.79 Å². The van der Waals surface area contributed by atoms with Crippen LogP contribution in [0.5, 0.6) is 0 Å². The third kappa shape index (κ3) is 1.29. The molecule has 0 atom stereocenters. The van der Waals surface area contributed by atoms with Crippen LogP contribution in [0.1, 0.15) is 37.1 Å². The molecular weight excluding hydrogens is 202 g/mol. The summed E-state index contributed by atoms with van der Waals surface area (Å²) >= 11 is 0. The summed E-state index contributed by atoms with van der Waals surface area (Å²) in [6.07, 6.45) is 5.43. The van der Waals surface area contributed by atoms with E-state index in [2.05, 4.69) is 18.2 Å². The lowest BCUT2D eigenvalue weighted by Crippen LogP contribution is -2.23. The molecule has 3 rings (SSSR count). The first-order valence-corrected chi connectivity index (χ1v) is 5.79. The molecule has 4 heteroatoms. The topological polar surface area (TPSA) is 39.3 Å². The van der Waals surface area contributed by atoms with Gasteiger partial charge in [0.25, 0.3) is 5.56 Å². The molecule has 0 saturated heterocycles. The van der Waals surface area contributed by atoms with E-state index in [0.717, 1.165) is 17.8 Å². The average Bonchev–Trinajstić information content (AvgIpc) is 3.03. The number of hydrogen-bond acceptors (Lipinski definition) is 2. The van der Waals surface area contributed by atoms with Crippen molar-refractivity contribution in [1.29, 1.82) is 0 Å². The van der Waals surface area contributed by atoms with Crippen LogP contribution in [0, 0.1) is 0 Å². The summed E-state index contributed by atoms with van der Waals surface area (Å²) in [5.41, 5.74) is 2.04. The monoisotopic (exact) mass is 217 g/mol. The zero-order chi connectivity index (χ0) is 11.3. The predicted molar refractivity (Wildman–Crippen MR) is 61.8 cm³/mol. The van der Waals surface area contributed by atoms with Crippen molar-refractivity contribution in [2.45, 2.75) is 32.1 Å². The Bertz CT molecular complexity index is 604. The minimum Gasteiger partial charge on any atom is -0.298 e. The van der Waals surface area contributed by atoms with E-state index in [1.54, 1.807) is 7.05 Å². The molecule has 0 spiro atoms. The molecule has 1 aliphatic rings. The van der Waals surface area contributed by atoms with Gasteiger partial charge in [-0.3, -0.25) is 9.20 Å². The first-order chi connectivity index (χ1) is 7.70. The molecule has 2 aromatic rings. The molecule has 1 aliphatic carbocycles. The van der Waals surface area contributed by atoms with Gasteiger partial charge in [0.1, 0.15) is 11.3 Å². The summed E-state index contributed by atoms with van der Waals surface area (Å²) in [5.74, 6) is 1.62. The van der Waals surface area contributed by atoms with Crippen LogP contribution in [0.3, 0.4) is 0 Å². The van der Waals surface area contributed by atoms with Crippen molar-refractivity contribution in [1.82, 2.24) is 14.2 Å². The molecule has 2 heterocycles. The number of hydrogen-bond donors (Lipinski definition) is 0. The fourth-order valence-corrected chi connectivity index (χ4v) is 2.18. The van der Waals surface area contributed by atoms with Gasteiger partial charge in [-0.25, -0.2) is 4.68 Å². The number of fused-ring (bicyclic) bond motifs is 1. The maximum atomic E-state index is 11.9. The van der Waals surface area contributed by atoms with E-state index in [-0.39, 0.29) is 5.56 Å². The van der Waals surface area contributed by atoms with E-state index >= 15 is 0 Å². The van der Waals surface area contributed by atoms with E-state index in [4.69, 9.17) is 0 Å². The quantitative estimate of drug-likeness (QED) is 0.764. The van der Waals surface area contributed by atoms with Gasteiger partial charge in [-0.1, -0.05) is 6.92 Å². The highest BCUT2D eigenvalue weighted by Gasteiger charge is 2.25. The zero-order valence-electron chi connectivity index (χ0n) is 9.60. The van der Waals surface area contributed by atoms with Crippen LogP contribution in [-0.4, -0.2) is 14.2 Å². The molecule has 1 fully saturated rings. The standard InChI is InChI=1S/C12H15N3O/c1-3-11-13-14(2)12(16)10-6-9(7-15(10)11)8-4-5-8/h6-8H,3-5H2,1-2H3. The summed E-state index contributed by atoms with van der Waals surface area (Å²) in [5, 5.41) is 4.28. The van der Waals surface area contributed by atoms with Crippen molar-refractivity contribution in [2.75, 3.05) is 0 Å². The summed E-state index contributed by atoms with van der Waals surface area (Å²) in [4.78, 5) is 11.9. The highest BCUT2D eigenvalue weighted by atomic mass is 16.1. The second kappa shape index (κ2) is 3.20. The van der Waals surface area contributed by atoms with Gasteiger partial charge in [-0.05, 0) is 30.4 Å². The third-order valence-corrected chi connectivity index (χ3v) is 3.26. The molecular formula is C12H15N3O. The van der Waals surface area contributed by atoms with E-state index < -0.39 is 0 Å². The first-order valence-electron chi connectivity index (χ1n) is 5.79. The Labute approximate surface area is 93.5 Å². The van der Waals surface area contributed by atoms with Gasteiger partial charge in [0.15, 0.2) is 0 Å². The van der Waals surface area contributed by atoms with Gasteiger partial charge in [0.05, 0.1) is 0 Å². The molecule has 0 radical (unpaired) electrons. The van der Waals surface area contributed by atoms with Gasteiger partial charge >= 0.3 is 0 Å². The van der Waals surface area contributed by atoms with Crippen molar-refractivity contribution >= 4 is 5.52 Å². The molecule has 0 amide bonds. The van der Waals surface area contributed by atoms with E-state index in [1.165, 1.54) is 23.1 Å². The van der Waals surface area contributed by atoms with Crippen LogP contribution in [0.4, 0.5) is 0 Å². The average molecular weight is 217 g/mol. The largest absolute Gasteiger partial charge is 0.298 e. The highest BCUT2D eigenvalue weighted by molar-refractivity contribution is 5.50. The number of nitrogens with zero attached hydrogens (tertiary/aromatic N) is 3. The Morgan fingerprint density at radius 2 is 2.25 bits per heavy atom. The predicted octanol–water partition coefficient (Wildman–Crippen LogP) is 1.47. The molecule has 0 N–H and O–H groups in total. The van der Waals surface area contributed by atoms with Crippen LogP contribution < -0.4 is 5.56 Å². The lowest BCUT2D eigenvalue weighted by molar-refractivity contribution is 0.653. The Morgan fingerprint density at radius 3 is 2.88 bits per heavy atom. The molecule has 84 valence electrons. The van der Waals surface area contributed by atoms with Gasteiger partial charge < -0.3 is 0 Å². The van der Waals surface area contributed by atoms with Gasteiger partial charge in [0.2, 0.25) is 0 Å². The Balaban J connectivity index is 2.33. The van der Waals surface area contributed by atoms with Gasteiger partial charge in [-0.15, -0.1) is 0 Å². The number of aryl methyl sites for hydroxylation is 2. The molecule has 0 aromatic carbocycles. The normalized spacial score (nSPS) is 15.9. The molecule has 4 nitrogen and oxygen atoms in total. The van der Waals surface area contributed by atoms with Crippen LogP contribution in [-0.2, 0) is 13.5 Å². The first kappa shape index (κ1) is 9.63. The van der Waals surface area contributed by atoms with Crippen LogP contribution >= 0.6 is 0 Å². The summed E-state index contributed by atoms with van der Waals surface area (Å²) in [7, 11) is 1.71. The zero-order valence-corrected chi connectivity index (χ0v) is 9.60. The summed E-state index contributed by atoms with van der Waals surface area (Å²) in [6, 6.07) is 2.03. The SMILES string of the molecule is CCc1nn(C)c(=O)c2cc(C3CC3)cn12. The third-order valence-electron chi connectivity index (χ3n) is 3.26. The summed E-state index contributed by atoms with van der Waals surface area (Å²) in [6.45, 7) is 2.06. The smallest absolute Gasteiger partial charge is 0.290 e. The van der Waals surface area contributed by atoms with Crippen molar-refractivity contribution in [3.63, 3.8) is 0 Å². The fraction of sp³-hybridized carbons (Fsp3) is 0.500. The fourth-order valence-electron chi connectivity index (χ4n) is 2.18. The minimum atomic E-state index is -0.0101. The molecule has 0 aliphatic heterocycles. The summed E-state index contributed by atoms with van der Waals surface area (Å²) < 4.78 is 3.39. The molecule has 16 heavy (non-hydrogen) atoms. The molecule has 0 unspecified atom stereocenters. The van der Waals surface area contributed by atoms with Crippen molar-refractivity contribution in [2.24, 2.45) is 7.05 Å². The molecule has 1 saturated carbocycles. The van der Waals surface area contributed by atoms with E-state index in [1.807, 2.05) is 10.5 Å². The Hall–Kier alpha value is -1.58. The lowest BCUT2D eigenvalue weighted by atomic mass is 10.2. The van der Waals surface area contributed by atoms with Crippen molar-refractivity contribution < 1.29 is 0 Å². The number of rotatable bonds is 2. The Kier molecular flexibility index (Phi) is 1.93. The van der Waals surface area contributed by atoms with Crippen molar-refractivity contribution in [3.8, 4) is 0 Å². The maximum absolute atomic E-state index is 11.9. The lowest BCUT2D eigenvalue weighted by Gasteiger charge is -2.04. The Morgan fingerprint density at radius 1 is 1.50 bits per heavy atom. The van der Waals surface area contributed by atoms with E-state index in [0.29, 0.717) is 5.92 Å².